The van der Waals surface area contributed by atoms with Crippen LogP contribution in [-0.4, -0.2) is 7.38 Å². The Labute approximate surface area is 54.8 Å². The highest BCUT2D eigenvalue weighted by Gasteiger charge is 2.09. The van der Waals surface area contributed by atoms with Gasteiger partial charge in [-0.15, -0.1) is 0 Å². The number of hydrogen-bond acceptors (Lipinski definition) is 0. The average Bonchev–Trinajstić information content (AvgIpc) is 1.30. The Morgan fingerprint density at radius 1 is 1.43 bits per heavy atom. The van der Waals surface area contributed by atoms with Crippen molar-refractivity contribution in [2.75, 3.05) is 0 Å². The van der Waals surface area contributed by atoms with Crippen molar-refractivity contribution in [3.63, 3.8) is 0 Å². The van der Waals surface area contributed by atoms with Crippen molar-refractivity contribution in [2.24, 2.45) is 0 Å². The first-order chi connectivity index (χ1) is 3.06. The summed E-state index contributed by atoms with van der Waals surface area (Å²) in [6.45, 7) is 4.01. The first-order valence-electron chi connectivity index (χ1n) is 2.03. The first-order valence-corrected chi connectivity index (χ1v) is 6.55. The fraction of sp³-hybridized carbons (Fsp3) is 0.500. The summed E-state index contributed by atoms with van der Waals surface area (Å²) in [6, 6.07) is 0. The molecule has 0 fully saturated rings. The van der Waals surface area contributed by atoms with E-state index in [0.29, 0.717) is 0 Å². The lowest BCUT2D eigenvalue weighted by atomic mass is 11.2. The van der Waals surface area contributed by atoms with E-state index in [9.17, 15) is 0 Å². The zero-order valence-corrected chi connectivity index (χ0v) is 6.92. The third-order valence-electron chi connectivity index (χ3n) is 0.459. The molecule has 0 saturated carbocycles. The van der Waals surface area contributed by atoms with Gasteiger partial charge in [0.2, 0.25) is 0 Å². The number of hydrogen-bond donors (Lipinski definition) is 0. The summed E-state index contributed by atoms with van der Waals surface area (Å²) in [4.78, 5) is 0. The molecule has 0 amide bonds. The molecule has 0 aliphatic heterocycles. The number of halogens is 2. The normalized spacial score (nSPS) is 13.1. The smallest absolute Gasteiger partial charge is 0.162 e. The molecule has 0 aromatic rings. The molecule has 0 unspecified atom stereocenters. The fourth-order valence-electron chi connectivity index (χ4n) is 0.150. The van der Waals surface area contributed by atoms with Crippen LogP contribution < -0.4 is 0 Å². The van der Waals surface area contributed by atoms with Gasteiger partial charge in [-0.3, -0.25) is 0 Å². The Kier molecular flexibility index (Phi) is 2.96. The lowest BCUT2D eigenvalue weighted by molar-refractivity contribution is 1.95. The van der Waals surface area contributed by atoms with Gasteiger partial charge in [0.1, 0.15) is 0 Å². The van der Waals surface area contributed by atoms with E-state index in [1.54, 1.807) is 0 Å². The van der Waals surface area contributed by atoms with Gasteiger partial charge in [0.15, 0.2) is 7.38 Å². The van der Waals surface area contributed by atoms with Crippen molar-refractivity contribution in [3.05, 3.63) is 11.2 Å². The molecule has 0 radical (unpaired) electrons. The quantitative estimate of drug-likeness (QED) is 0.403. The molecule has 0 rings (SSSR count). The van der Waals surface area contributed by atoms with Crippen molar-refractivity contribution in [3.8, 4) is 0 Å². The minimum atomic E-state index is -1.50. The molecule has 42 valence electrons. The minimum Gasteiger partial charge on any atom is -0.162 e. The van der Waals surface area contributed by atoms with E-state index >= 15 is 0 Å². The Morgan fingerprint density at radius 2 is 1.86 bits per heavy atom. The van der Waals surface area contributed by atoms with Gasteiger partial charge in [-0.2, -0.15) is 11.1 Å². The summed E-state index contributed by atoms with van der Waals surface area (Å²) in [5, 5.41) is 0. The van der Waals surface area contributed by atoms with Gasteiger partial charge in [-0.1, -0.05) is 30.4 Å². The molecule has 0 aliphatic carbocycles. The monoisotopic (exact) mass is 154 g/mol. The van der Waals surface area contributed by atoms with Crippen LogP contribution in [-0.2, 0) is 0 Å². The summed E-state index contributed by atoms with van der Waals surface area (Å²) in [5.74, 6) is 0. The molecule has 0 aromatic heterocycles. The molecule has 3 heteroatoms. The van der Waals surface area contributed by atoms with E-state index in [2.05, 4.69) is 0 Å². The summed E-state index contributed by atoms with van der Waals surface area (Å²) in [5.41, 5.74) is 3.34. The molecule has 0 N–H and O–H groups in total. The molecule has 7 heavy (non-hydrogen) atoms. The van der Waals surface area contributed by atoms with Crippen molar-refractivity contribution in [1.29, 1.82) is 0 Å². The largest absolute Gasteiger partial charge is 0.174 e. The average molecular weight is 155 g/mol. The van der Waals surface area contributed by atoms with Gasteiger partial charge >= 0.3 is 0 Å². The second-order valence-corrected chi connectivity index (χ2v) is 8.49. The van der Waals surface area contributed by atoms with Crippen LogP contribution in [0.5, 0.6) is 0 Å². The molecule has 0 aromatic carbocycles. The highest BCUT2D eigenvalue weighted by atomic mass is 35.6. The molecule has 0 spiro atoms. The van der Waals surface area contributed by atoms with Crippen LogP contribution >= 0.6 is 22.7 Å². The SMILES string of the molecule is C[Si](C)(Cl)/C=C/Cl. The van der Waals surface area contributed by atoms with Gasteiger partial charge in [0, 0.05) is 0 Å². The Hall–Kier alpha value is 0.537. The molecule has 0 atom stereocenters. The van der Waals surface area contributed by atoms with Crippen molar-refractivity contribution < 1.29 is 0 Å². The third kappa shape index (κ3) is 6.54. The lowest BCUT2D eigenvalue weighted by Gasteiger charge is -2.01. The predicted molar refractivity (Wildman–Crippen MR) is 38.3 cm³/mol. The molecule has 0 aliphatic rings. The summed E-state index contributed by atoms with van der Waals surface area (Å²) < 4.78 is 0. The summed E-state index contributed by atoms with van der Waals surface area (Å²) in [6.07, 6.45) is 0. The lowest BCUT2D eigenvalue weighted by Crippen LogP contribution is -2.10. The van der Waals surface area contributed by atoms with E-state index < -0.39 is 7.38 Å². The maximum Gasteiger partial charge on any atom is 0.174 e. The fourth-order valence-corrected chi connectivity index (χ4v) is 1.78. The zero-order valence-electron chi connectivity index (χ0n) is 4.41. The first kappa shape index (κ1) is 7.54. The summed E-state index contributed by atoms with van der Waals surface area (Å²) >= 11 is 11.1. The van der Waals surface area contributed by atoms with Crippen LogP contribution in [0.25, 0.3) is 0 Å². The zero-order chi connectivity index (χ0) is 5.91. The van der Waals surface area contributed by atoms with E-state index in [4.69, 9.17) is 22.7 Å². The van der Waals surface area contributed by atoms with Gasteiger partial charge < -0.3 is 0 Å². The number of rotatable bonds is 1. The third-order valence-corrected chi connectivity index (χ3v) is 2.13. The highest BCUT2D eigenvalue weighted by molar-refractivity contribution is 7.22. The second kappa shape index (κ2) is 2.75. The van der Waals surface area contributed by atoms with Crippen LogP contribution in [0.15, 0.2) is 11.2 Å². The van der Waals surface area contributed by atoms with Crippen LogP contribution in [0.2, 0.25) is 13.1 Å². The summed E-state index contributed by atoms with van der Waals surface area (Å²) in [7, 11) is -1.50. The van der Waals surface area contributed by atoms with E-state index in [-0.39, 0.29) is 0 Å². The molecule has 0 bridgehead atoms. The van der Waals surface area contributed by atoms with Gasteiger partial charge in [-0.05, 0) is 5.54 Å². The van der Waals surface area contributed by atoms with E-state index in [0.717, 1.165) is 0 Å². The molecular weight excluding hydrogens is 147 g/mol. The van der Waals surface area contributed by atoms with Gasteiger partial charge in [0.25, 0.3) is 0 Å². The Balaban J connectivity index is 3.56. The molecule has 0 saturated heterocycles. The second-order valence-electron chi connectivity index (χ2n) is 1.86. The van der Waals surface area contributed by atoms with E-state index in [1.165, 1.54) is 5.54 Å². The molecular formula is C4H8Cl2Si. The maximum atomic E-state index is 5.80. The van der Waals surface area contributed by atoms with Crippen LogP contribution in [0, 0.1) is 0 Å². The van der Waals surface area contributed by atoms with Gasteiger partial charge in [-0.25, -0.2) is 0 Å². The van der Waals surface area contributed by atoms with Crippen LogP contribution in [0.4, 0.5) is 0 Å². The van der Waals surface area contributed by atoms with Crippen molar-refractivity contribution in [1.82, 2.24) is 0 Å². The highest BCUT2D eigenvalue weighted by Crippen LogP contribution is 2.08. The topological polar surface area (TPSA) is 0 Å². The maximum absolute atomic E-state index is 5.80. The minimum absolute atomic E-state index is 1.49. The van der Waals surface area contributed by atoms with E-state index in [1.807, 2.05) is 18.8 Å². The van der Waals surface area contributed by atoms with Crippen molar-refractivity contribution >= 4 is 30.1 Å². The molecule has 0 heterocycles. The van der Waals surface area contributed by atoms with Crippen LogP contribution in [0.1, 0.15) is 0 Å². The van der Waals surface area contributed by atoms with Crippen LogP contribution in [0.3, 0.4) is 0 Å². The Bertz CT molecular complexity index is 72.2. The molecule has 0 nitrogen and oxygen atoms in total. The Morgan fingerprint density at radius 3 is 1.86 bits per heavy atom. The van der Waals surface area contributed by atoms with Gasteiger partial charge in [0.05, 0.1) is 0 Å². The standard InChI is InChI=1S/C4H8Cl2Si/c1-7(2,6)4-3-5/h3-4H,1-2H3/b4-3+. The predicted octanol–water partition coefficient (Wildman–Crippen LogP) is 2.72. The van der Waals surface area contributed by atoms with Crippen molar-refractivity contribution in [2.45, 2.75) is 13.1 Å².